The van der Waals surface area contributed by atoms with Crippen molar-refractivity contribution in [2.45, 2.75) is 26.4 Å². The molecule has 1 heterocycles. The molecule has 0 saturated carbocycles. The largest absolute Gasteiger partial charge is 0.416 e. The molecular formula is C15H19F3N2O. The topological polar surface area (TPSA) is 32.3 Å². The van der Waals surface area contributed by atoms with Gasteiger partial charge in [-0.15, -0.1) is 0 Å². The lowest BCUT2D eigenvalue weighted by Crippen LogP contribution is -2.44. The van der Waals surface area contributed by atoms with Gasteiger partial charge in [-0.05, 0) is 42.5 Å². The number of carbonyl (C=O) groups is 1. The molecule has 0 bridgehead atoms. The number of anilines is 1. The molecule has 21 heavy (non-hydrogen) atoms. The third kappa shape index (κ3) is 4.12. The number of nitrogens with one attached hydrogen (secondary N) is 1. The predicted molar refractivity (Wildman–Crippen MR) is 75.0 cm³/mol. The van der Waals surface area contributed by atoms with Gasteiger partial charge in [-0.3, -0.25) is 0 Å². The summed E-state index contributed by atoms with van der Waals surface area (Å²) in [6.07, 6.45) is -3.27. The van der Waals surface area contributed by atoms with Crippen molar-refractivity contribution in [2.75, 3.05) is 18.4 Å². The lowest BCUT2D eigenvalue weighted by molar-refractivity contribution is -0.137. The fraction of sp³-hybridized carbons (Fsp3) is 0.533. The molecule has 1 N–H and O–H groups in total. The van der Waals surface area contributed by atoms with Gasteiger partial charge in [0.1, 0.15) is 0 Å². The molecule has 0 spiro atoms. The van der Waals surface area contributed by atoms with Crippen molar-refractivity contribution in [2.24, 2.45) is 11.8 Å². The van der Waals surface area contributed by atoms with Gasteiger partial charge in [-0.1, -0.05) is 13.8 Å². The van der Waals surface area contributed by atoms with E-state index in [-0.39, 0.29) is 6.03 Å². The number of nitrogens with zero attached hydrogens (tertiary/aromatic N) is 1. The smallest absolute Gasteiger partial charge is 0.324 e. The summed E-state index contributed by atoms with van der Waals surface area (Å²) in [5.41, 5.74) is -0.348. The molecular weight excluding hydrogens is 281 g/mol. The van der Waals surface area contributed by atoms with Crippen molar-refractivity contribution in [1.29, 1.82) is 0 Å². The quantitative estimate of drug-likeness (QED) is 0.827. The van der Waals surface area contributed by atoms with Crippen LogP contribution in [0, 0.1) is 11.8 Å². The van der Waals surface area contributed by atoms with Crippen molar-refractivity contribution >= 4 is 11.7 Å². The molecule has 2 atom stereocenters. The van der Waals surface area contributed by atoms with Crippen LogP contribution in [-0.2, 0) is 6.18 Å². The molecule has 0 radical (unpaired) electrons. The zero-order chi connectivity index (χ0) is 15.6. The molecule has 1 aliphatic rings. The van der Waals surface area contributed by atoms with Gasteiger partial charge in [0.15, 0.2) is 0 Å². The maximum absolute atomic E-state index is 12.5. The molecule has 1 aromatic rings. The lowest BCUT2D eigenvalue weighted by atomic mass is 9.92. The Morgan fingerprint density at radius 1 is 1.14 bits per heavy atom. The molecule has 2 amide bonds. The number of hydrogen-bond donors (Lipinski definition) is 1. The summed E-state index contributed by atoms with van der Waals surface area (Å²) in [5.74, 6) is 0.874. The van der Waals surface area contributed by atoms with Crippen LogP contribution in [0.3, 0.4) is 0 Å². The van der Waals surface area contributed by atoms with E-state index < -0.39 is 11.7 Å². The first kappa shape index (κ1) is 15.7. The second-order valence-corrected chi connectivity index (χ2v) is 5.86. The SMILES string of the molecule is CC1CC(C)CN(C(=O)Nc2ccc(C(F)(F)F)cc2)C1. The Morgan fingerprint density at radius 2 is 1.67 bits per heavy atom. The van der Waals surface area contributed by atoms with Gasteiger partial charge in [-0.2, -0.15) is 13.2 Å². The highest BCUT2D eigenvalue weighted by Gasteiger charge is 2.30. The standard InChI is InChI=1S/C15H19F3N2O/c1-10-7-11(2)9-20(8-10)14(21)19-13-5-3-12(4-6-13)15(16,17)18/h3-6,10-11H,7-9H2,1-2H3,(H,19,21). The first-order valence-electron chi connectivity index (χ1n) is 6.99. The lowest BCUT2D eigenvalue weighted by Gasteiger charge is -2.34. The third-order valence-corrected chi connectivity index (χ3v) is 3.62. The molecule has 0 aromatic heterocycles. The number of rotatable bonds is 1. The number of amides is 2. The fourth-order valence-corrected chi connectivity index (χ4v) is 2.77. The molecule has 1 fully saturated rings. The van der Waals surface area contributed by atoms with Crippen molar-refractivity contribution < 1.29 is 18.0 Å². The summed E-state index contributed by atoms with van der Waals surface area (Å²) < 4.78 is 37.4. The van der Waals surface area contributed by atoms with E-state index in [0.717, 1.165) is 18.6 Å². The summed E-state index contributed by atoms with van der Waals surface area (Å²) in [6.45, 7) is 5.54. The van der Waals surface area contributed by atoms with Crippen LogP contribution in [0.5, 0.6) is 0 Å². The Bertz CT molecular complexity index is 489. The maximum Gasteiger partial charge on any atom is 0.416 e. The van der Waals surface area contributed by atoms with Crippen LogP contribution in [-0.4, -0.2) is 24.0 Å². The van der Waals surface area contributed by atoms with Gasteiger partial charge in [-0.25, -0.2) is 4.79 Å². The highest BCUT2D eigenvalue weighted by molar-refractivity contribution is 5.89. The Hall–Kier alpha value is -1.72. The highest BCUT2D eigenvalue weighted by atomic mass is 19.4. The number of carbonyl (C=O) groups excluding carboxylic acids is 1. The van der Waals surface area contributed by atoms with Crippen molar-refractivity contribution in [1.82, 2.24) is 4.90 Å². The van der Waals surface area contributed by atoms with E-state index in [4.69, 9.17) is 0 Å². The van der Waals surface area contributed by atoms with E-state index in [1.165, 1.54) is 12.1 Å². The van der Waals surface area contributed by atoms with Crippen LogP contribution in [0.15, 0.2) is 24.3 Å². The van der Waals surface area contributed by atoms with E-state index in [1.807, 2.05) is 0 Å². The van der Waals surface area contributed by atoms with Crippen LogP contribution in [0.2, 0.25) is 0 Å². The normalized spacial score (nSPS) is 23.0. The van der Waals surface area contributed by atoms with Crippen LogP contribution < -0.4 is 5.32 Å². The summed E-state index contributed by atoms with van der Waals surface area (Å²) in [6, 6.07) is 4.23. The van der Waals surface area contributed by atoms with Crippen LogP contribution in [0.25, 0.3) is 0 Å². The number of alkyl halides is 3. The zero-order valence-electron chi connectivity index (χ0n) is 12.1. The highest BCUT2D eigenvalue weighted by Crippen LogP contribution is 2.30. The minimum absolute atomic E-state index is 0.256. The number of urea groups is 1. The molecule has 2 unspecified atom stereocenters. The van der Waals surface area contributed by atoms with E-state index in [2.05, 4.69) is 19.2 Å². The van der Waals surface area contributed by atoms with E-state index in [0.29, 0.717) is 30.6 Å². The van der Waals surface area contributed by atoms with Crippen molar-refractivity contribution in [3.8, 4) is 0 Å². The van der Waals surface area contributed by atoms with Gasteiger partial charge in [0, 0.05) is 18.8 Å². The van der Waals surface area contributed by atoms with Gasteiger partial charge in [0.2, 0.25) is 0 Å². The van der Waals surface area contributed by atoms with E-state index in [9.17, 15) is 18.0 Å². The molecule has 1 aromatic carbocycles. The van der Waals surface area contributed by atoms with Gasteiger partial charge < -0.3 is 10.2 Å². The number of halogens is 3. The average molecular weight is 300 g/mol. The van der Waals surface area contributed by atoms with Crippen molar-refractivity contribution in [3.05, 3.63) is 29.8 Å². The molecule has 3 nitrogen and oxygen atoms in total. The van der Waals surface area contributed by atoms with E-state index >= 15 is 0 Å². The van der Waals surface area contributed by atoms with Gasteiger partial charge >= 0.3 is 12.2 Å². The van der Waals surface area contributed by atoms with Crippen LogP contribution >= 0.6 is 0 Å². The molecule has 6 heteroatoms. The number of piperidine rings is 1. The summed E-state index contributed by atoms with van der Waals surface area (Å²) in [7, 11) is 0. The first-order chi connectivity index (χ1) is 9.75. The fourth-order valence-electron chi connectivity index (χ4n) is 2.77. The number of hydrogen-bond acceptors (Lipinski definition) is 1. The van der Waals surface area contributed by atoms with Gasteiger partial charge in [0.05, 0.1) is 5.56 Å². The Kier molecular flexibility index (Phi) is 4.44. The minimum Gasteiger partial charge on any atom is -0.324 e. The van der Waals surface area contributed by atoms with Crippen LogP contribution in [0.4, 0.5) is 23.7 Å². The molecule has 1 saturated heterocycles. The second kappa shape index (κ2) is 5.95. The molecule has 0 aliphatic carbocycles. The summed E-state index contributed by atoms with van der Waals surface area (Å²) in [4.78, 5) is 13.9. The second-order valence-electron chi connectivity index (χ2n) is 5.86. The summed E-state index contributed by atoms with van der Waals surface area (Å²) >= 11 is 0. The minimum atomic E-state index is -4.36. The number of benzene rings is 1. The third-order valence-electron chi connectivity index (χ3n) is 3.62. The Morgan fingerprint density at radius 3 is 2.14 bits per heavy atom. The zero-order valence-corrected chi connectivity index (χ0v) is 12.1. The maximum atomic E-state index is 12.5. The molecule has 2 rings (SSSR count). The van der Waals surface area contributed by atoms with Crippen molar-refractivity contribution in [3.63, 3.8) is 0 Å². The van der Waals surface area contributed by atoms with Crippen LogP contribution in [0.1, 0.15) is 25.8 Å². The van der Waals surface area contributed by atoms with E-state index in [1.54, 1.807) is 4.90 Å². The Labute approximate surface area is 122 Å². The van der Waals surface area contributed by atoms with Gasteiger partial charge in [0.25, 0.3) is 0 Å². The summed E-state index contributed by atoms with van der Waals surface area (Å²) in [5, 5.41) is 2.65. The Balaban J connectivity index is 1.99. The first-order valence-corrected chi connectivity index (χ1v) is 6.99. The predicted octanol–water partition coefficient (Wildman–Crippen LogP) is 4.22. The average Bonchev–Trinajstić information content (AvgIpc) is 2.37. The monoisotopic (exact) mass is 300 g/mol. The molecule has 1 aliphatic heterocycles. The number of likely N-dealkylation sites (tertiary alicyclic amines) is 1. The molecule has 116 valence electrons.